The first-order chi connectivity index (χ1) is 6.79. The molecule has 0 bridgehead atoms. The number of rotatable bonds is 2. The van der Waals surface area contributed by atoms with E-state index >= 15 is 0 Å². The number of nitrogens with zero attached hydrogens (tertiary/aromatic N) is 1. The summed E-state index contributed by atoms with van der Waals surface area (Å²) in [6.07, 6.45) is 4.79. The zero-order chi connectivity index (χ0) is 9.97. The molecule has 0 aromatic heterocycles. The van der Waals surface area contributed by atoms with Crippen LogP contribution in [-0.4, -0.2) is 47.8 Å². The number of aliphatic hydroxyl groups is 1. The Balaban J connectivity index is 1.94. The second-order valence-electron chi connectivity index (χ2n) is 4.67. The van der Waals surface area contributed by atoms with Crippen molar-refractivity contribution < 1.29 is 5.11 Å². The van der Waals surface area contributed by atoms with E-state index in [9.17, 15) is 5.11 Å². The van der Waals surface area contributed by atoms with Crippen LogP contribution in [0.15, 0.2) is 0 Å². The highest BCUT2D eigenvalue weighted by atomic mass is 16.3. The van der Waals surface area contributed by atoms with Crippen molar-refractivity contribution in [1.82, 2.24) is 10.2 Å². The summed E-state index contributed by atoms with van der Waals surface area (Å²) in [5.74, 6) is 0. The Hall–Kier alpha value is -0.120. The van der Waals surface area contributed by atoms with Crippen LogP contribution in [0.1, 0.15) is 32.6 Å². The van der Waals surface area contributed by atoms with Gasteiger partial charge in [0.05, 0.1) is 6.10 Å². The number of hydrogen-bond acceptors (Lipinski definition) is 3. The van der Waals surface area contributed by atoms with Gasteiger partial charge in [-0.2, -0.15) is 0 Å². The largest absolute Gasteiger partial charge is 0.392 e. The maximum absolute atomic E-state index is 9.70. The molecular formula is C11H22N2O. The van der Waals surface area contributed by atoms with Gasteiger partial charge in [0.1, 0.15) is 0 Å². The van der Waals surface area contributed by atoms with Crippen molar-refractivity contribution in [3.05, 3.63) is 0 Å². The predicted octanol–water partition coefficient (Wildman–Crippen LogP) is 0.584. The molecule has 0 saturated carbocycles. The standard InChI is InChI=1S/C11H22N2O/c1-9(14)11-3-2-8-13(11)10-4-6-12-7-5-10/h9-12,14H,2-8H2,1H3/t9-,11+/m1/s1. The molecule has 0 amide bonds. The van der Waals surface area contributed by atoms with E-state index in [0.29, 0.717) is 6.04 Å². The van der Waals surface area contributed by atoms with E-state index in [4.69, 9.17) is 0 Å². The molecule has 2 saturated heterocycles. The van der Waals surface area contributed by atoms with Gasteiger partial charge >= 0.3 is 0 Å². The first kappa shape index (κ1) is 10.4. The van der Waals surface area contributed by atoms with Gasteiger partial charge in [0.25, 0.3) is 0 Å². The van der Waals surface area contributed by atoms with Crippen LogP contribution in [0.5, 0.6) is 0 Å². The summed E-state index contributed by atoms with van der Waals surface area (Å²) in [5, 5.41) is 13.1. The van der Waals surface area contributed by atoms with Crippen molar-refractivity contribution in [2.75, 3.05) is 19.6 Å². The summed E-state index contributed by atoms with van der Waals surface area (Å²) < 4.78 is 0. The minimum Gasteiger partial charge on any atom is -0.392 e. The quantitative estimate of drug-likeness (QED) is 0.681. The molecule has 2 N–H and O–H groups in total. The van der Waals surface area contributed by atoms with Gasteiger partial charge < -0.3 is 10.4 Å². The van der Waals surface area contributed by atoms with Gasteiger partial charge in [0, 0.05) is 12.1 Å². The Morgan fingerprint density at radius 1 is 1.29 bits per heavy atom. The third-order valence-corrected chi connectivity index (χ3v) is 3.68. The summed E-state index contributed by atoms with van der Waals surface area (Å²) in [5.41, 5.74) is 0. The fourth-order valence-corrected chi connectivity index (χ4v) is 2.92. The average molecular weight is 198 g/mol. The van der Waals surface area contributed by atoms with Gasteiger partial charge in [0.2, 0.25) is 0 Å². The van der Waals surface area contributed by atoms with Gasteiger partial charge in [0.15, 0.2) is 0 Å². The number of hydrogen-bond donors (Lipinski definition) is 2. The highest BCUT2D eigenvalue weighted by Crippen LogP contribution is 2.26. The molecule has 0 aliphatic carbocycles. The normalized spacial score (nSPS) is 33.4. The Labute approximate surface area is 86.5 Å². The summed E-state index contributed by atoms with van der Waals surface area (Å²) in [4.78, 5) is 2.55. The molecule has 2 heterocycles. The third-order valence-electron chi connectivity index (χ3n) is 3.68. The van der Waals surface area contributed by atoms with E-state index < -0.39 is 0 Å². The van der Waals surface area contributed by atoms with E-state index in [-0.39, 0.29) is 6.10 Å². The molecule has 0 unspecified atom stereocenters. The number of nitrogens with one attached hydrogen (secondary N) is 1. The topological polar surface area (TPSA) is 35.5 Å². The Bertz CT molecular complexity index is 178. The lowest BCUT2D eigenvalue weighted by atomic mass is 10.0. The van der Waals surface area contributed by atoms with Gasteiger partial charge in [-0.15, -0.1) is 0 Å². The molecule has 82 valence electrons. The first-order valence-electron chi connectivity index (χ1n) is 5.93. The lowest BCUT2D eigenvalue weighted by molar-refractivity contribution is 0.0517. The highest BCUT2D eigenvalue weighted by molar-refractivity contribution is 4.89. The smallest absolute Gasteiger partial charge is 0.0667 e. The summed E-state index contributed by atoms with van der Waals surface area (Å²) in [7, 11) is 0. The highest BCUT2D eigenvalue weighted by Gasteiger charge is 2.33. The van der Waals surface area contributed by atoms with Gasteiger partial charge in [-0.3, -0.25) is 4.90 Å². The lowest BCUT2D eigenvalue weighted by Gasteiger charge is -2.36. The molecule has 14 heavy (non-hydrogen) atoms. The van der Waals surface area contributed by atoms with Crippen molar-refractivity contribution in [1.29, 1.82) is 0 Å². The predicted molar refractivity (Wildman–Crippen MR) is 57.3 cm³/mol. The monoisotopic (exact) mass is 198 g/mol. The fraction of sp³-hybridized carbons (Fsp3) is 1.00. The number of likely N-dealkylation sites (tertiary alicyclic amines) is 1. The van der Waals surface area contributed by atoms with Crippen LogP contribution in [-0.2, 0) is 0 Å². The molecule has 0 radical (unpaired) electrons. The van der Waals surface area contributed by atoms with E-state index in [1.165, 1.54) is 32.2 Å². The number of piperidine rings is 1. The first-order valence-corrected chi connectivity index (χ1v) is 5.93. The molecule has 3 heteroatoms. The SMILES string of the molecule is C[C@@H](O)[C@@H]1CCCN1C1CCNCC1. The van der Waals surface area contributed by atoms with Crippen LogP contribution in [0.25, 0.3) is 0 Å². The molecule has 0 aromatic rings. The minimum absolute atomic E-state index is 0.160. The molecule has 2 aliphatic rings. The van der Waals surface area contributed by atoms with Crippen molar-refractivity contribution in [2.45, 2.75) is 50.8 Å². The van der Waals surface area contributed by atoms with Gasteiger partial charge in [-0.25, -0.2) is 0 Å². The summed E-state index contributed by atoms with van der Waals surface area (Å²) in [6.45, 7) is 5.42. The maximum atomic E-state index is 9.70. The van der Waals surface area contributed by atoms with Crippen LogP contribution in [0.4, 0.5) is 0 Å². The van der Waals surface area contributed by atoms with Crippen LogP contribution in [0.3, 0.4) is 0 Å². The summed E-state index contributed by atoms with van der Waals surface area (Å²) in [6, 6.07) is 1.15. The second kappa shape index (κ2) is 4.60. The zero-order valence-electron chi connectivity index (χ0n) is 9.08. The van der Waals surface area contributed by atoms with E-state index in [1.54, 1.807) is 0 Å². The molecular weight excluding hydrogens is 176 g/mol. The molecule has 0 spiro atoms. The van der Waals surface area contributed by atoms with E-state index in [1.807, 2.05) is 6.92 Å². The van der Waals surface area contributed by atoms with Crippen molar-refractivity contribution in [2.24, 2.45) is 0 Å². The Morgan fingerprint density at radius 2 is 2.00 bits per heavy atom. The Morgan fingerprint density at radius 3 is 2.64 bits per heavy atom. The van der Waals surface area contributed by atoms with Crippen molar-refractivity contribution in [3.8, 4) is 0 Å². The van der Waals surface area contributed by atoms with Crippen LogP contribution in [0.2, 0.25) is 0 Å². The minimum atomic E-state index is -0.160. The maximum Gasteiger partial charge on any atom is 0.0667 e. The zero-order valence-corrected chi connectivity index (χ0v) is 9.08. The van der Waals surface area contributed by atoms with Gasteiger partial charge in [-0.1, -0.05) is 0 Å². The van der Waals surface area contributed by atoms with Crippen molar-refractivity contribution in [3.63, 3.8) is 0 Å². The number of aliphatic hydroxyl groups excluding tert-OH is 1. The molecule has 3 nitrogen and oxygen atoms in total. The van der Waals surface area contributed by atoms with E-state index in [2.05, 4.69) is 10.2 Å². The fourth-order valence-electron chi connectivity index (χ4n) is 2.92. The van der Waals surface area contributed by atoms with Gasteiger partial charge in [-0.05, 0) is 52.2 Å². The molecule has 0 aromatic carbocycles. The van der Waals surface area contributed by atoms with Crippen LogP contribution in [0, 0.1) is 0 Å². The van der Waals surface area contributed by atoms with Crippen LogP contribution >= 0.6 is 0 Å². The molecule has 2 fully saturated rings. The summed E-state index contributed by atoms with van der Waals surface area (Å²) >= 11 is 0. The molecule has 2 rings (SSSR count). The molecule has 2 aliphatic heterocycles. The lowest BCUT2D eigenvalue weighted by Crippen LogP contribution is -2.48. The van der Waals surface area contributed by atoms with Crippen molar-refractivity contribution >= 4 is 0 Å². The Kier molecular flexibility index (Phi) is 3.42. The van der Waals surface area contributed by atoms with Crippen LogP contribution < -0.4 is 5.32 Å². The third kappa shape index (κ3) is 2.10. The second-order valence-corrected chi connectivity index (χ2v) is 4.67. The molecule has 2 atom stereocenters. The van der Waals surface area contributed by atoms with E-state index in [0.717, 1.165) is 19.1 Å². The average Bonchev–Trinajstić information content (AvgIpc) is 2.67.